The van der Waals surface area contributed by atoms with E-state index in [4.69, 9.17) is 5.73 Å². The van der Waals surface area contributed by atoms with E-state index in [0.717, 1.165) is 0 Å². The first-order valence-corrected chi connectivity index (χ1v) is 3.50. The monoisotopic (exact) mass is 192 g/mol. The van der Waals surface area contributed by atoms with Crippen molar-refractivity contribution in [2.45, 2.75) is 12.6 Å². The van der Waals surface area contributed by atoms with E-state index in [1.54, 1.807) is 0 Å². The zero-order valence-electron chi connectivity index (χ0n) is 6.54. The van der Waals surface area contributed by atoms with Crippen LogP contribution in [0.25, 0.3) is 0 Å². The van der Waals surface area contributed by atoms with Crippen molar-refractivity contribution in [3.8, 4) is 0 Å². The van der Waals surface area contributed by atoms with Gasteiger partial charge in [0, 0.05) is 6.42 Å². The molecule has 0 aliphatic carbocycles. The third kappa shape index (κ3) is 2.62. The number of hydrogen-bond donors (Lipinski definition) is 1. The molecule has 0 aliphatic rings. The molecule has 0 radical (unpaired) electrons. The Balaban J connectivity index is 2.92. The minimum absolute atomic E-state index is 0.0114. The Bertz CT molecular complexity index is 285. The molecule has 0 saturated heterocycles. The minimum atomic E-state index is -4.47. The molecule has 0 saturated carbocycles. The molecule has 72 valence electrons. The van der Waals surface area contributed by atoms with Crippen LogP contribution in [0.3, 0.4) is 0 Å². The van der Waals surface area contributed by atoms with Gasteiger partial charge >= 0.3 is 6.18 Å². The van der Waals surface area contributed by atoms with Crippen molar-refractivity contribution in [3.05, 3.63) is 17.7 Å². The molecule has 2 N–H and O–H groups in total. The first-order valence-electron chi connectivity index (χ1n) is 3.50. The average Bonchev–Trinajstić information content (AvgIpc) is 2.04. The maximum atomic E-state index is 12.0. The van der Waals surface area contributed by atoms with Crippen molar-refractivity contribution in [1.29, 1.82) is 0 Å². The second-order valence-corrected chi connectivity index (χ2v) is 2.29. The number of hydrogen-bond acceptors (Lipinski definition) is 4. The summed E-state index contributed by atoms with van der Waals surface area (Å²) in [5.74, 6) is 0.0114. The maximum Gasteiger partial charge on any atom is 0.435 e. The van der Waals surface area contributed by atoms with Crippen LogP contribution < -0.4 is 5.73 Å². The zero-order chi connectivity index (χ0) is 9.90. The van der Waals surface area contributed by atoms with E-state index in [2.05, 4.69) is 15.2 Å². The van der Waals surface area contributed by atoms with Crippen molar-refractivity contribution in [2.75, 3.05) is 6.54 Å². The summed E-state index contributed by atoms with van der Waals surface area (Å²) in [5.41, 5.74) is 4.09. The number of alkyl halides is 3. The van der Waals surface area contributed by atoms with Gasteiger partial charge in [0.15, 0.2) is 11.5 Å². The second kappa shape index (κ2) is 3.65. The fourth-order valence-electron chi connectivity index (χ4n) is 0.712. The highest BCUT2D eigenvalue weighted by molar-refractivity contribution is 5.00. The van der Waals surface area contributed by atoms with Gasteiger partial charge in [-0.25, -0.2) is 4.98 Å². The summed E-state index contributed by atoms with van der Waals surface area (Å²) >= 11 is 0. The SMILES string of the molecule is NCCc1nncc(C(F)(F)F)n1. The van der Waals surface area contributed by atoms with E-state index in [0.29, 0.717) is 6.20 Å². The van der Waals surface area contributed by atoms with Gasteiger partial charge in [-0.3, -0.25) is 0 Å². The highest BCUT2D eigenvalue weighted by Gasteiger charge is 2.33. The van der Waals surface area contributed by atoms with Crippen LogP contribution in [0.4, 0.5) is 13.2 Å². The molecular weight excluding hydrogens is 185 g/mol. The Kier molecular flexibility index (Phi) is 2.76. The fraction of sp³-hybridized carbons (Fsp3) is 0.500. The van der Waals surface area contributed by atoms with Gasteiger partial charge in [0.05, 0.1) is 6.20 Å². The molecule has 0 fully saturated rings. The quantitative estimate of drug-likeness (QED) is 0.736. The topological polar surface area (TPSA) is 64.7 Å². The van der Waals surface area contributed by atoms with E-state index in [9.17, 15) is 13.2 Å². The van der Waals surface area contributed by atoms with E-state index in [1.165, 1.54) is 0 Å². The molecule has 0 spiro atoms. The normalized spacial score (nSPS) is 11.7. The van der Waals surface area contributed by atoms with Gasteiger partial charge in [0.2, 0.25) is 0 Å². The van der Waals surface area contributed by atoms with Crippen LogP contribution >= 0.6 is 0 Å². The number of aromatic nitrogens is 3. The lowest BCUT2D eigenvalue weighted by molar-refractivity contribution is -0.141. The highest BCUT2D eigenvalue weighted by atomic mass is 19.4. The molecule has 1 heterocycles. The van der Waals surface area contributed by atoms with Gasteiger partial charge in [0.25, 0.3) is 0 Å². The third-order valence-corrected chi connectivity index (χ3v) is 1.26. The predicted molar refractivity (Wildman–Crippen MR) is 37.6 cm³/mol. The Morgan fingerprint density at radius 1 is 1.38 bits per heavy atom. The number of halogens is 3. The van der Waals surface area contributed by atoms with Crippen molar-refractivity contribution >= 4 is 0 Å². The molecule has 13 heavy (non-hydrogen) atoms. The third-order valence-electron chi connectivity index (χ3n) is 1.26. The standard InChI is InChI=1S/C6H7F3N4/c7-6(8,9)4-3-11-13-5(12-4)1-2-10/h3H,1-2,10H2. The molecular formula is C6H7F3N4. The summed E-state index contributed by atoms with van der Waals surface area (Å²) in [4.78, 5) is 3.26. The summed E-state index contributed by atoms with van der Waals surface area (Å²) < 4.78 is 36.1. The second-order valence-electron chi connectivity index (χ2n) is 2.29. The summed E-state index contributed by atoms with van der Waals surface area (Å²) in [5, 5.41) is 6.58. The van der Waals surface area contributed by atoms with Gasteiger partial charge in [-0.15, -0.1) is 5.10 Å². The minimum Gasteiger partial charge on any atom is -0.330 e. The van der Waals surface area contributed by atoms with Crippen LogP contribution in [0.2, 0.25) is 0 Å². The predicted octanol–water partition coefficient (Wildman–Crippen LogP) is 0.392. The highest BCUT2D eigenvalue weighted by Crippen LogP contribution is 2.26. The first-order chi connectivity index (χ1) is 6.04. The number of rotatable bonds is 2. The number of nitrogens with two attached hydrogens (primary N) is 1. The average molecular weight is 192 g/mol. The Morgan fingerprint density at radius 2 is 2.08 bits per heavy atom. The van der Waals surface area contributed by atoms with E-state index in [1.807, 2.05) is 0 Å². The van der Waals surface area contributed by atoms with Crippen LogP contribution in [0.1, 0.15) is 11.5 Å². The fourth-order valence-corrected chi connectivity index (χ4v) is 0.712. The van der Waals surface area contributed by atoms with Crippen LogP contribution in [0.15, 0.2) is 6.20 Å². The van der Waals surface area contributed by atoms with Crippen LogP contribution in [-0.4, -0.2) is 21.7 Å². The van der Waals surface area contributed by atoms with E-state index < -0.39 is 11.9 Å². The van der Waals surface area contributed by atoms with Gasteiger partial charge in [-0.1, -0.05) is 0 Å². The maximum absolute atomic E-state index is 12.0. The lowest BCUT2D eigenvalue weighted by Crippen LogP contribution is -2.14. The molecule has 0 aliphatic heterocycles. The van der Waals surface area contributed by atoms with Gasteiger partial charge in [0.1, 0.15) is 0 Å². The van der Waals surface area contributed by atoms with E-state index >= 15 is 0 Å². The largest absolute Gasteiger partial charge is 0.435 e. The smallest absolute Gasteiger partial charge is 0.330 e. The van der Waals surface area contributed by atoms with Crippen LogP contribution in [0, 0.1) is 0 Å². The molecule has 0 unspecified atom stereocenters. The molecule has 0 atom stereocenters. The molecule has 0 amide bonds. The molecule has 4 nitrogen and oxygen atoms in total. The Hall–Kier alpha value is -1.24. The van der Waals surface area contributed by atoms with Crippen LogP contribution in [-0.2, 0) is 12.6 Å². The van der Waals surface area contributed by atoms with Gasteiger partial charge < -0.3 is 5.73 Å². The van der Waals surface area contributed by atoms with Gasteiger partial charge in [-0.2, -0.15) is 18.3 Å². The van der Waals surface area contributed by atoms with Gasteiger partial charge in [-0.05, 0) is 6.54 Å². The summed E-state index contributed by atoms with van der Waals surface area (Å²) in [7, 11) is 0. The molecule has 0 aromatic carbocycles. The van der Waals surface area contributed by atoms with Crippen LogP contribution in [0.5, 0.6) is 0 Å². The molecule has 1 aromatic heterocycles. The Labute approximate surface area is 72.0 Å². The molecule has 1 aromatic rings. The lowest BCUT2D eigenvalue weighted by Gasteiger charge is -2.04. The van der Waals surface area contributed by atoms with Crippen molar-refractivity contribution in [1.82, 2.24) is 15.2 Å². The zero-order valence-corrected chi connectivity index (χ0v) is 6.54. The number of nitrogens with zero attached hydrogens (tertiary/aromatic N) is 3. The molecule has 0 bridgehead atoms. The first kappa shape index (κ1) is 9.85. The molecule has 7 heteroatoms. The summed E-state index contributed by atoms with van der Waals surface area (Å²) in [6.45, 7) is 0.197. The lowest BCUT2D eigenvalue weighted by atomic mass is 10.4. The summed E-state index contributed by atoms with van der Waals surface area (Å²) in [6.07, 6.45) is -3.70. The summed E-state index contributed by atoms with van der Waals surface area (Å²) in [6, 6.07) is 0. The van der Waals surface area contributed by atoms with Crippen molar-refractivity contribution in [2.24, 2.45) is 5.73 Å². The van der Waals surface area contributed by atoms with E-state index in [-0.39, 0.29) is 18.8 Å². The van der Waals surface area contributed by atoms with Crippen molar-refractivity contribution in [3.63, 3.8) is 0 Å². The Morgan fingerprint density at radius 3 is 2.62 bits per heavy atom. The molecule has 1 rings (SSSR count). The van der Waals surface area contributed by atoms with Crippen molar-refractivity contribution < 1.29 is 13.2 Å².